The molecule has 0 bridgehead atoms. The first-order chi connectivity index (χ1) is 15.8. The SMILES string of the molecule is O=C(O)C[C@H]1CCN(Cc2cccc(-c3ccccc3)c2)[C@@H](C2C=CC(C(F)(F)F)=CC2)C1. The Balaban J connectivity index is 1.53. The maximum absolute atomic E-state index is 13.1. The Labute approximate surface area is 192 Å². The Hall–Kier alpha value is -2.86. The van der Waals surface area contributed by atoms with Crippen LogP contribution in [0, 0.1) is 11.8 Å². The Morgan fingerprint density at radius 3 is 2.48 bits per heavy atom. The summed E-state index contributed by atoms with van der Waals surface area (Å²) in [7, 11) is 0. The van der Waals surface area contributed by atoms with Crippen molar-refractivity contribution in [2.75, 3.05) is 6.54 Å². The lowest BCUT2D eigenvalue weighted by atomic mass is 9.79. The Morgan fingerprint density at radius 1 is 1.06 bits per heavy atom. The van der Waals surface area contributed by atoms with Crippen LogP contribution in [0.5, 0.6) is 0 Å². The van der Waals surface area contributed by atoms with E-state index < -0.39 is 17.7 Å². The largest absolute Gasteiger partial charge is 0.481 e. The number of carboxylic acid groups (broad SMARTS) is 1. The number of benzene rings is 2. The summed E-state index contributed by atoms with van der Waals surface area (Å²) in [5.74, 6) is -0.841. The molecule has 1 heterocycles. The average Bonchev–Trinajstić information content (AvgIpc) is 2.80. The Kier molecular flexibility index (Phi) is 7.03. The molecule has 2 aromatic carbocycles. The predicted molar refractivity (Wildman–Crippen MR) is 122 cm³/mol. The summed E-state index contributed by atoms with van der Waals surface area (Å²) >= 11 is 0. The van der Waals surface area contributed by atoms with Crippen molar-refractivity contribution in [1.82, 2.24) is 4.90 Å². The van der Waals surface area contributed by atoms with E-state index in [1.54, 1.807) is 6.08 Å². The summed E-state index contributed by atoms with van der Waals surface area (Å²) in [5, 5.41) is 9.26. The molecule has 0 amide bonds. The molecule has 1 aliphatic heterocycles. The number of hydrogen-bond acceptors (Lipinski definition) is 2. The van der Waals surface area contributed by atoms with Crippen molar-refractivity contribution in [2.45, 2.75) is 44.4 Å². The summed E-state index contributed by atoms with van der Waals surface area (Å²) in [6, 6.07) is 18.5. The van der Waals surface area contributed by atoms with E-state index >= 15 is 0 Å². The number of hydrogen-bond donors (Lipinski definition) is 1. The highest BCUT2D eigenvalue weighted by atomic mass is 19.4. The van der Waals surface area contributed by atoms with E-state index in [1.807, 2.05) is 24.3 Å². The summed E-state index contributed by atoms with van der Waals surface area (Å²) in [4.78, 5) is 13.6. The van der Waals surface area contributed by atoms with Crippen molar-refractivity contribution in [3.63, 3.8) is 0 Å². The molecule has 3 nitrogen and oxygen atoms in total. The molecule has 0 spiro atoms. The van der Waals surface area contributed by atoms with Gasteiger partial charge in [0.1, 0.15) is 0 Å². The molecule has 1 unspecified atom stereocenters. The van der Waals surface area contributed by atoms with Crippen LogP contribution in [-0.2, 0) is 11.3 Å². The summed E-state index contributed by atoms with van der Waals surface area (Å²) < 4.78 is 39.2. The van der Waals surface area contributed by atoms with Gasteiger partial charge in [-0.05, 0) is 60.4 Å². The number of rotatable bonds is 6. The molecule has 6 heteroatoms. The maximum atomic E-state index is 13.1. The van der Waals surface area contributed by atoms with E-state index in [-0.39, 0.29) is 24.3 Å². The van der Waals surface area contributed by atoms with Gasteiger partial charge in [0.2, 0.25) is 0 Å². The van der Waals surface area contributed by atoms with E-state index in [2.05, 4.69) is 35.2 Å². The van der Waals surface area contributed by atoms with Crippen molar-refractivity contribution >= 4 is 5.97 Å². The molecule has 1 aliphatic carbocycles. The van der Waals surface area contributed by atoms with Crippen LogP contribution in [0.3, 0.4) is 0 Å². The molecule has 174 valence electrons. The van der Waals surface area contributed by atoms with Gasteiger partial charge in [-0.25, -0.2) is 0 Å². The fourth-order valence-corrected chi connectivity index (χ4v) is 5.04. The molecular weight excluding hydrogens is 427 g/mol. The van der Waals surface area contributed by atoms with Crippen molar-refractivity contribution in [3.05, 3.63) is 84.0 Å². The first kappa shape index (κ1) is 23.3. The minimum absolute atomic E-state index is 0.00534. The van der Waals surface area contributed by atoms with Crippen molar-refractivity contribution in [2.24, 2.45) is 11.8 Å². The lowest BCUT2D eigenvalue weighted by Gasteiger charge is -2.43. The van der Waals surface area contributed by atoms with Gasteiger partial charge in [0.25, 0.3) is 0 Å². The van der Waals surface area contributed by atoms with Gasteiger partial charge in [-0.15, -0.1) is 0 Å². The van der Waals surface area contributed by atoms with Gasteiger partial charge in [-0.1, -0.05) is 66.8 Å². The number of alkyl halides is 3. The number of likely N-dealkylation sites (tertiary alicyclic amines) is 1. The zero-order valence-electron chi connectivity index (χ0n) is 18.3. The number of halogens is 3. The molecule has 1 fully saturated rings. The number of carboxylic acids is 1. The number of aliphatic carboxylic acids is 1. The highest BCUT2D eigenvalue weighted by molar-refractivity contribution is 5.67. The maximum Gasteiger partial charge on any atom is 0.416 e. The second kappa shape index (κ2) is 9.96. The second-order valence-electron chi connectivity index (χ2n) is 9.01. The molecular formula is C27H28F3NO2. The van der Waals surface area contributed by atoms with Gasteiger partial charge >= 0.3 is 12.1 Å². The molecule has 1 saturated heterocycles. The van der Waals surface area contributed by atoms with Crippen LogP contribution < -0.4 is 0 Å². The Morgan fingerprint density at radius 2 is 1.82 bits per heavy atom. The molecule has 3 atom stereocenters. The van der Waals surface area contributed by atoms with Gasteiger partial charge in [-0.3, -0.25) is 9.69 Å². The fraction of sp³-hybridized carbons (Fsp3) is 0.370. The quantitative estimate of drug-likeness (QED) is 0.542. The van der Waals surface area contributed by atoms with Crippen molar-refractivity contribution < 1.29 is 23.1 Å². The van der Waals surface area contributed by atoms with E-state index in [1.165, 1.54) is 12.2 Å². The van der Waals surface area contributed by atoms with Gasteiger partial charge < -0.3 is 5.11 Å². The highest BCUT2D eigenvalue weighted by Crippen LogP contribution is 2.37. The lowest BCUT2D eigenvalue weighted by molar-refractivity contribution is -0.138. The van der Waals surface area contributed by atoms with Crippen LogP contribution >= 0.6 is 0 Å². The zero-order chi connectivity index (χ0) is 23.4. The molecule has 0 radical (unpaired) electrons. The minimum Gasteiger partial charge on any atom is -0.481 e. The van der Waals surface area contributed by atoms with Crippen LogP contribution in [0.1, 0.15) is 31.2 Å². The van der Waals surface area contributed by atoms with Crippen LogP contribution in [0.15, 0.2) is 78.4 Å². The first-order valence-electron chi connectivity index (χ1n) is 11.4. The summed E-state index contributed by atoms with van der Waals surface area (Å²) in [6.07, 6.45) is 1.67. The molecule has 2 aliphatic rings. The summed E-state index contributed by atoms with van der Waals surface area (Å²) in [5.41, 5.74) is 2.81. The van der Waals surface area contributed by atoms with E-state index in [9.17, 15) is 23.1 Å². The third-order valence-electron chi connectivity index (χ3n) is 6.71. The predicted octanol–water partition coefficient (Wildman–Crippen LogP) is 6.47. The third kappa shape index (κ3) is 5.93. The standard InChI is InChI=1S/C27H28F3NO2/c28-27(29,30)24-11-9-22(10-12-24)25-16-19(17-26(32)33)13-14-31(25)18-20-5-4-8-23(15-20)21-6-2-1-3-7-21/h1-9,11-12,15,19,22,25H,10,13-14,16-18H2,(H,32,33)/t19-,22?,25+/m0/s1. The van der Waals surface area contributed by atoms with Gasteiger partial charge in [0.05, 0.1) is 5.57 Å². The van der Waals surface area contributed by atoms with E-state index in [0.29, 0.717) is 19.4 Å². The normalized spacial score (nSPS) is 23.8. The number of piperidine rings is 1. The van der Waals surface area contributed by atoms with Crippen LogP contribution in [-0.4, -0.2) is 34.7 Å². The van der Waals surface area contributed by atoms with Gasteiger partial charge in [0.15, 0.2) is 0 Å². The smallest absolute Gasteiger partial charge is 0.416 e. The molecule has 4 rings (SSSR count). The molecule has 0 aromatic heterocycles. The van der Waals surface area contributed by atoms with E-state index in [4.69, 9.17) is 0 Å². The molecule has 1 N–H and O–H groups in total. The number of allylic oxidation sites excluding steroid dienone is 3. The lowest BCUT2D eigenvalue weighted by Crippen LogP contribution is -2.46. The summed E-state index contributed by atoms with van der Waals surface area (Å²) in [6.45, 7) is 1.42. The van der Waals surface area contributed by atoms with Crippen molar-refractivity contribution in [3.8, 4) is 11.1 Å². The van der Waals surface area contributed by atoms with E-state index in [0.717, 1.165) is 29.7 Å². The number of nitrogens with zero attached hydrogens (tertiary/aromatic N) is 1. The second-order valence-corrected chi connectivity index (χ2v) is 9.01. The molecule has 33 heavy (non-hydrogen) atoms. The van der Waals surface area contributed by atoms with Crippen LogP contribution in [0.25, 0.3) is 11.1 Å². The monoisotopic (exact) mass is 455 g/mol. The number of carbonyl (C=O) groups is 1. The topological polar surface area (TPSA) is 40.5 Å². The van der Waals surface area contributed by atoms with Crippen LogP contribution in [0.2, 0.25) is 0 Å². The van der Waals surface area contributed by atoms with Gasteiger partial charge in [0, 0.05) is 19.0 Å². The first-order valence-corrected chi connectivity index (χ1v) is 11.4. The minimum atomic E-state index is -4.34. The van der Waals surface area contributed by atoms with Gasteiger partial charge in [-0.2, -0.15) is 13.2 Å². The zero-order valence-corrected chi connectivity index (χ0v) is 18.3. The fourth-order valence-electron chi connectivity index (χ4n) is 5.04. The van der Waals surface area contributed by atoms with Crippen LogP contribution in [0.4, 0.5) is 13.2 Å². The molecule has 0 saturated carbocycles. The van der Waals surface area contributed by atoms with Crippen molar-refractivity contribution in [1.29, 1.82) is 0 Å². The molecule has 2 aromatic rings. The third-order valence-corrected chi connectivity index (χ3v) is 6.71. The average molecular weight is 456 g/mol. The highest BCUT2D eigenvalue weighted by Gasteiger charge is 2.37. The Bertz CT molecular complexity index is 1030.